The lowest BCUT2D eigenvalue weighted by Crippen LogP contribution is -2.39. The Kier molecular flexibility index (Phi) is 2.89. The molecule has 0 atom stereocenters. The highest BCUT2D eigenvalue weighted by molar-refractivity contribution is 6.09. The molecule has 18 heavy (non-hydrogen) atoms. The van der Waals surface area contributed by atoms with E-state index in [4.69, 9.17) is 0 Å². The summed E-state index contributed by atoms with van der Waals surface area (Å²) < 4.78 is 4.63. The molecule has 1 amide bonds. The number of rotatable bonds is 2. The molecule has 4 nitrogen and oxygen atoms in total. The summed E-state index contributed by atoms with van der Waals surface area (Å²) in [4.78, 5) is 25.3. The fourth-order valence-electron chi connectivity index (χ4n) is 2.30. The van der Waals surface area contributed by atoms with Gasteiger partial charge in [0.05, 0.1) is 12.5 Å². The van der Waals surface area contributed by atoms with E-state index in [1.807, 2.05) is 39.0 Å². The summed E-state index contributed by atoms with van der Waals surface area (Å²) in [5.41, 5.74) is 2.29. The predicted octanol–water partition coefficient (Wildman–Crippen LogP) is 1.79. The summed E-state index contributed by atoms with van der Waals surface area (Å²) >= 11 is 0. The van der Waals surface area contributed by atoms with E-state index in [0.29, 0.717) is 0 Å². The molecule has 0 aromatic heterocycles. The van der Waals surface area contributed by atoms with Gasteiger partial charge in [-0.15, -0.1) is 0 Å². The van der Waals surface area contributed by atoms with Gasteiger partial charge in [0, 0.05) is 5.69 Å². The van der Waals surface area contributed by atoms with Crippen LogP contribution in [-0.4, -0.2) is 25.5 Å². The zero-order valence-electron chi connectivity index (χ0n) is 11.1. The van der Waals surface area contributed by atoms with E-state index in [-0.39, 0.29) is 12.5 Å². The Bertz CT molecular complexity index is 520. The smallest absolute Gasteiger partial charge is 0.325 e. The van der Waals surface area contributed by atoms with Crippen LogP contribution in [0.5, 0.6) is 0 Å². The molecule has 0 bridgehead atoms. The van der Waals surface area contributed by atoms with E-state index < -0.39 is 11.4 Å². The maximum atomic E-state index is 12.4. The van der Waals surface area contributed by atoms with Gasteiger partial charge in [0.15, 0.2) is 0 Å². The number of benzene rings is 1. The molecular weight excluding hydrogens is 230 g/mol. The molecule has 1 aliphatic heterocycles. The second-order valence-corrected chi connectivity index (χ2v) is 5.11. The van der Waals surface area contributed by atoms with Gasteiger partial charge in [0.1, 0.15) is 6.54 Å². The third kappa shape index (κ3) is 1.78. The molecule has 0 saturated heterocycles. The first-order chi connectivity index (χ1) is 8.37. The van der Waals surface area contributed by atoms with Crippen molar-refractivity contribution in [3.8, 4) is 0 Å². The van der Waals surface area contributed by atoms with Crippen LogP contribution in [0.2, 0.25) is 0 Å². The monoisotopic (exact) mass is 247 g/mol. The van der Waals surface area contributed by atoms with Gasteiger partial charge in [0.25, 0.3) is 0 Å². The van der Waals surface area contributed by atoms with Crippen LogP contribution < -0.4 is 4.90 Å². The lowest BCUT2D eigenvalue weighted by Gasteiger charge is -2.19. The highest BCUT2D eigenvalue weighted by atomic mass is 16.5. The van der Waals surface area contributed by atoms with Gasteiger partial charge >= 0.3 is 5.97 Å². The fourth-order valence-corrected chi connectivity index (χ4v) is 2.30. The number of carbonyl (C=O) groups excluding carboxylic acids is 2. The van der Waals surface area contributed by atoms with E-state index >= 15 is 0 Å². The minimum absolute atomic E-state index is 0.0329. The second kappa shape index (κ2) is 4.12. The average molecular weight is 247 g/mol. The Labute approximate surface area is 107 Å². The van der Waals surface area contributed by atoms with Crippen LogP contribution in [0, 0.1) is 6.92 Å². The normalized spacial score (nSPS) is 16.7. The number of ether oxygens (including phenoxy) is 1. The zero-order chi connectivity index (χ0) is 13.5. The third-order valence-corrected chi connectivity index (χ3v) is 3.41. The molecule has 0 fully saturated rings. The first-order valence-electron chi connectivity index (χ1n) is 5.88. The molecule has 0 spiro atoms. The van der Waals surface area contributed by atoms with Crippen LogP contribution in [0.4, 0.5) is 5.69 Å². The van der Waals surface area contributed by atoms with E-state index in [9.17, 15) is 9.59 Å². The number of hydrogen-bond acceptors (Lipinski definition) is 3. The Balaban J connectivity index is 2.47. The van der Waals surface area contributed by atoms with Crippen LogP contribution in [0.15, 0.2) is 18.2 Å². The number of anilines is 1. The largest absolute Gasteiger partial charge is 0.468 e. The van der Waals surface area contributed by atoms with Crippen LogP contribution >= 0.6 is 0 Å². The van der Waals surface area contributed by atoms with Crippen LogP contribution in [-0.2, 0) is 19.7 Å². The molecule has 96 valence electrons. The Morgan fingerprint density at radius 1 is 1.39 bits per heavy atom. The van der Waals surface area contributed by atoms with Gasteiger partial charge in [-0.05, 0) is 32.4 Å². The molecule has 1 heterocycles. The Morgan fingerprint density at radius 3 is 2.67 bits per heavy atom. The number of hydrogen-bond donors (Lipinski definition) is 0. The first kappa shape index (κ1) is 12.6. The summed E-state index contributed by atoms with van der Waals surface area (Å²) in [6, 6.07) is 5.84. The molecule has 0 N–H and O–H groups in total. The highest BCUT2D eigenvalue weighted by Crippen LogP contribution is 2.41. The summed E-state index contributed by atoms with van der Waals surface area (Å²) in [6.07, 6.45) is 0. The van der Waals surface area contributed by atoms with Gasteiger partial charge in [-0.3, -0.25) is 9.59 Å². The van der Waals surface area contributed by atoms with Crippen LogP contribution in [0.25, 0.3) is 0 Å². The van der Waals surface area contributed by atoms with Crippen molar-refractivity contribution < 1.29 is 14.3 Å². The summed E-state index contributed by atoms with van der Waals surface area (Å²) in [5, 5.41) is 0. The molecule has 0 unspecified atom stereocenters. The quantitative estimate of drug-likeness (QED) is 0.748. The zero-order valence-corrected chi connectivity index (χ0v) is 11.1. The Morgan fingerprint density at radius 2 is 2.06 bits per heavy atom. The molecule has 1 aromatic rings. The number of methoxy groups -OCH3 is 1. The van der Waals surface area contributed by atoms with Crippen molar-refractivity contribution in [2.75, 3.05) is 18.6 Å². The molecule has 4 heteroatoms. The first-order valence-corrected chi connectivity index (χ1v) is 5.88. The molecule has 0 radical (unpaired) electrons. The summed E-state index contributed by atoms with van der Waals surface area (Å²) in [7, 11) is 1.32. The number of fused-ring (bicyclic) bond motifs is 1. The second-order valence-electron chi connectivity index (χ2n) is 5.11. The van der Waals surface area contributed by atoms with Gasteiger partial charge < -0.3 is 9.64 Å². The van der Waals surface area contributed by atoms with Crippen molar-refractivity contribution in [2.45, 2.75) is 26.2 Å². The fraction of sp³-hybridized carbons (Fsp3) is 0.429. The summed E-state index contributed by atoms with van der Waals surface area (Å²) in [6.45, 7) is 5.72. The standard InChI is InChI=1S/C14H17NO3/c1-9-5-6-11-10(7-9)14(2,3)13(17)15(11)8-12(16)18-4/h5-7H,8H2,1-4H3. The van der Waals surface area contributed by atoms with Crippen molar-refractivity contribution in [1.82, 2.24) is 0 Å². The van der Waals surface area contributed by atoms with Crippen molar-refractivity contribution in [2.24, 2.45) is 0 Å². The topological polar surface area (TPSA) is 46.6 Å². The predicted molar refractivity (Wildman–Crippen MR) is 68.6 cm³/mol. The van der Waals surface area contributed by atoms with Gasteiger partial charge in [0.2, 0.25) is 5.91 Å². The molecule has 1 aromatic carbocycles. The van der Waals surface area contributed by atoms with Gasteiger partial charge in [-0.1, -0.05) is 17.7 Å². The van der Waals surface area contributed by atoms with Crippen LogP contribution in [0.3, 0.4) is 0 Å². The number of amides is 1. The highest BCUT2D eigenvalue weighted by Gasteiger charge is 2.44. The summed E-state index contributed by atoms with van der Waals surface area (Å²) in [5.74, 6) is -0.471. The third-order valence-electron chi connectivity index (χ3n) is 3.41. The minimum atomic E-state index is -0.588. The lowest BCUT2D eigenvalue weighted by atomic mass is 9.85. The molecule has 1 aliphatic rings. The number of carbonyl (C=O) groups is 2. The van der Waals surface area contributed by atoms with E-state index in [0.717, 1.165) is 16.8 Å². The molecule has 0 saturated carbocycles. The van der Waals surface area contributed by atoms with Crippen molar-refractivity contribution >= 4 is 17.6 Å². The van der Waals surface area contributed by atoms with E-state index in [1.165, 1.54) is 12.0 Å². The van der Waals surface area contributed by atoms with E-state index in [1.54, 1.807) is 0 Å². The number of nitrogens with zero attached hydrogens (tertiary/aromatic N) is 1. The number of aryl methyl sites for hydroxylation is 1. The van der Waals surface area contributed by atoms with Crippen molar-refractivity contribution in [3.05, 3.63) is 29.3 Å². The van der Waals surface area contributed by atoms with Gasteiger partial charge in [-0.25, -0.2) is 0 Å². The van der Waals surface area contributed by atoms with Crippen molar-refractivity contribution in [1.29, 1.82) is 0 Å². The molecule has 0 aliphatic carbocycles. The lowest BCUT2D eigenvalue weighted by molar-refractivity contribution is -0.140. The molecular formula is C14H17NO3. The maximum Gasteiger partial charge on any atom is 0.325 e. The van der Waals surface area contributed by atoms with Crippen LogP contribution in [0.1, 0.15) is 25.0 Å². The SMILES string of the molecule is COC(=O)CN1C(=O)C(C)(C)c2cc(C)ccc21. The van der Waals surface area contributed by atoms with E-state index in [2.05, 4.69) is 4.74 Å². The maximum absolute atomic E-state index is 12.4. The van der Waals surface area contributed by atoms with Crippen molar-refractivity contribution in [3.63, 3.8) is 0 Å². The minimum Gasteiger partial charge on any atom is -0.468 e. The average Bonchev–Trinajstić information content (AvgIpc) is 2.51. The Hall–Kier alpha value is -1.84. The van der Waals surface area contributed by atoms with Gasteiger partial charge in [-0.2, -0.15) is 0 Å². The number of esters is 1. The molecule has 2 rings (SSSR count).